The minimum atomic E-state index is -0.193. The molecule has 4 heteroatoms. The van der Waals surface area contributed by atoms with Gasteiger partial charge in [-0.05, 0) is 12.5 Å². The van der Waals surface area contributed by atoms with Gasteiger partial charge in [-0.15, -0.1) is 0 Å². The first-order chi connectivity index (χ1) is 5.70. The second-order valence-electron chi connectivity index (χ2n) is 3.23. The zero-order valence-corrected chi connectivity index (χ0v) is 6.90. The number of aryl methyl sites for hydroxylation is 1. The van der Waals surface area contributed by atoms with Crippen molar-refractivity contribution in [3.05, 3.63) is 18.0 Å². The van der Waals surface area contributed by atoms with Crippen LogP contribution in [-0.2, 0) is 11.8 Å². The Balaban J connectivity index is 2.15. The van der Waals surface area contributed by atoms with Crippen LogP contribution in [0.4, 0.5) is 0 Å². The lowest BCUT2D eigenvalue weighted by Gasteiger charge is -1.97. The molecule has 1 amide bonds. The number of primary amides is 1. The summed E-state index contributed by atoms with van der Waals surface area (Å²) in [7, 11) is 1.88. The van der Waals surface area contributed by atoms with Crippen molar-refractivity contribution in [1.82, 2.24) is 9.78 Å². The van der Waals surface area contributed by atoms with Gasteiger partial charge < -0.3 is 5.73 Å². The van der Waals surface area contributed by atoms with E-state index in [0.29, 0.717) is 5.92 Å². The Labute approximate surface area is 70.4 Å². The van der Waals surface area contributed by atoms with Crippen LogP contribution in [0.3, 0.4) is 0 Å². The van der Waals surface area contributed by atoms with E-state index in [1.807, 2.05) is 13.1 Å². The molecule has 0 saturated heterocycles. The van der Waals surface area contributed by atoms with E-state index in [1.54, 1.807) is 10.9 Å². The maximum Gasteiger partial charge on any atom is 0.221 e. The molecule has 64 valence electrons. The Bertz CT molecular complexity index is 318. The van der Waals surface area contributed by atoms with Crippen molar-refractivity contribution in [3.63, 3.8) is 0 Å². The Morgan fingerprint density at radius 1 is 1.83 bits per heavy atom. The van der Waals surface area contributed by atoms with Crippen molar-refractivity contribution in [1.29, 1.82) is 0 Å². The summed E-state index contributed by atoms with van der Waals surface area (Å²) in [6, 6.07) is 1.94. The fraction of sp³-hybridized carbons (Fsp3) is 0.500. The van der Waals surface area contributed by atoms with Gasteiger partial charge in [0.2, 0.25) is 5.91 Å². The molecule has 1 saturated carbocycles. The summed E-state index contributed by atoms with van der Waals surface area (Å²) in [6.07, 6.45) is 2.63. The summed E-state index contributed by atoms with van der Waals surface area (Å²) in [4.78, 5) is 10.8. The zero-order chi connectivity index (χ0) is 8.72. The minimum Gasteiger partial charge on any atom is -0.369 e. The number of hydrogen-bond acceptors (Lipinski definition) is 2. The third-order valence-electron chi connectivity index (χ3n) is 2.39. The number of aromatic nitrogens is 2. The molecule has 1 fully saturated rings. The van der Waals surface area contributed by atoms with E-state index < -0.39 is 0 Å². The van der Waals surface area contributed by atoms with Gasteiger partial charge in [0.15, 0.2) is 0 Å². The number of nitrogens with two attached hydrogens (primary N) is 1. The summed E-state index contributed by atoms with van der Waals surface area (Å²) in [5.74, 6) is 0.164. The van der Waals surface area contributed by atoms with E-state index in [0.717, 1.165) is 12.1 Å². The van der Waals surface area contributed by atoms with Crippen LogP contribution in [0.5, 0.6) is 0 Å². The van der Waals surface area contributed by atoms with Gasteiger partial charge in [0, 0.05) is 30.8 Å². The Hall–Kier alpha value is -1.32. The maximum atomic E-state index is 10.8. The van der Waals surface area contributed by atoms with Crippen molar-refractivity contribution < 1.29 is 4.79 Å². The number of hydrogen-bond donors (Lipinski definition) is 1. The minimum absolute atomic E-state index is 0.0420. The van der Waals surface area contributed by atoms with E-state index >= 15 is 0 Å². The number of rotatable bonds is 2. The highest BCUT2D eigenvalue weighted by atomic mass is 16.1. The molecule has 1 aromatic rings. The molecule has 4 nitrogen and oxygen atoms in total. The van der Waals surface area contributed by atoms with Crippen molar-refractivity contribution in [2.75, 3.05) is 0 Å². The highest BCUT2D eigenvalue weighted by molar-refractivity contribution is 5.80. The number of carbonyl (C=O) groups excluding carboxylic acids is 1. The Kier molecular flexibility index (Phi) is 1.43. The fourth-order valence-electron chi connectivity index (χ4n) is 1.58. The summed E-state index contributed by atoms with van der Waals surface area (Å²) in [5.41, 5.74) is 6.29. The molecule has 0 unspecified atom stereocenters. The topological polar surface area (TPSA) is 60.9 Å². The van der Waals surface area contributed by atoms with Gasteiger partial charge in [-0.2, -0.15) is 5.10 Å². The first kappa shape index (κ1) is 7.34. The van der Waals surface area contributed by atoms with Gasteiger partial charge >= 0.3 is 0 Å². The van der Waals surface area contributed by atoms with Gasteiger partial charge in [0.1, 0.15) is 0 Å². The standard InChI is InChI=1S/C8H11N3O/c1-11-7(2-3-10-11)5-4-6(5)8(9)12/h2-3,5-6H,4H2,1H3,(H2,9,12)/t5-,6-/m0/s1. The van der Waals surface area contributed by atoms with Gasteiger partial charge in [-0.25, -0.2) is 0 Å². The van der Waals surface area contributed by atoms with Crippen molar-refractivity contribution in [3.8, 4) is 0 Å². The van der Waals surface area contributed by atoms with Gasteiger partial charge in [0.25, 0.3) is 0 Å². The van der Waals surface area contributed by atoms with Crippen molar-refractivity contribution >= 4 is 5.91 Å². The average Bonchev–Trinajstić information content (AvgIpc) is 2.70. The predicted molar refractivity (Wildman–Crippen MR) is 43.3 cm³/mol. The van der Waals surface area contributed by atoms with Crippen molar-refractivity contribution in [2.45, 2.75) is 12.3 Å². The molecule has 0 bridgehead atoms. The van der Waals surface area contributed by atoms with Crippen LogP contribution in [0.1, 0.15) is 18.0 Å². The summed E-state index contributed by atoms with van der Waals surface area (Å²) in [6.45, 7) is 0. The zero-order valence-electron chi connectivity index (χ0n) is 6.90. The van der Waals surface area contributed by atoms with Crippen LogP contribution in [-0.4, -0.2) is 15.7 Å². The quantitative estimate of drug-likeness (QED) is 0.671. The van der Waals surface area contributed by atoms with E-state index in [1.165, 1.54) is 0 Å². The SMILES string of the molecule is Cn1nccc1[C@H]1C[C@@H]1C(N)=O. The molecule has 0 radical (unpaired) electrons. The normalized spacial score (nSPS) is 27.1. The van der Waals surface area contributed by atoms with Crippen LogP contribution < -0.4 is 5.73 Å². The molecule has 0 aromatic carbocycles. The Morgan fingerprint density at radius 2 is 2.58 bits per heavy atom. The van der Waals surface area contributed by atoms with Gasteiger partial charge in [-0.3, -0.25) is 9.48 Å². The second-order valence-corrected chi connectivity index (χ2v) is 3.23. The van der Waals surface area contributed by atoms with E-state index in [-0.39, 0.29) is 11.8 Å². The molecule has 0 aliphatic heterocycles. The highest BCUT2D eigenvalue weighted by Crippen LogP contribution is 2.46. The largest absolute Gasteiger partial charge is 0.369 e. The van der Waals surface area contributed by atoms with E-state index in [4.69, 9.17) is 5.73 Å². The molecule has 2 atom stereocenters. The third-order valence-corrected chi connectivity index (χ3v) is 2.39. The first-order valence-corrected chi connectivity index (χ1v) is 3.97. The van der Waals surface area contributed by atoms with Gasteiger partial charge in [0.05, 0.1) is 0 Å². The summed E-state index contributed by atoms with van der Waals surface area (Å²) < 4.78 is 1.80. The lowest BCUT2D eigenvalue weighted by Crippen LogP contribution is -2.14. The molecule has 2 rings (SSSR count). The molecular formula is C8H11N3O. The molecular weight excluding hydrogens is 154 g/mol. The Morgan fingerprint density at radius 3 is 3.00 bits per heavy atom. The smallest absolute Gasteiger partial charge is 0.221 e. The maximum absolute atomic E-state index is 10.8. The molecule has 2 N–H and O–H groups in total. The molecule has 0 spiro atoms. The molecule has 1 aliphatic carbocycles. The first-order valence-electron chi connectivity index (χ1n) is 3.97. The van der Waals surface area contributed by atoms with Crippen LogP contribution >= 0.6 is 0 Å². The van der Waals surface area contributed by atoms with Crippen LogP contribution in [0.25, 0.3) is 0 Å². The molecule has 12 heavy (non-hydrogen) atoms. The third kappa shape index (κ3) is 0.995. The van der Waals surface area contributed by atoms with Gasteiger partial charge in [-0.1, -0.05) is 0 Å². The predicted octanol–water partition coefficient (Wildman–Crippen LogP) is 0.00890. The van der Waals surface area contributed by atoms with E-state index in [9.17, 15) is 4.79 Å². The van der Waals surface area contributed by atoms with E-state index in [2.05, 4.69) is 5.10 Å². The average molecular weight is 165 g/mol. The monoisotopic (exact) mass is 165 g/mol. The lowest BCUT2D eigenvalue weighted by molar-refractivity contribution is -0.119. The van der Waals surface area contributed by atoms with Crippen LogP contribution in [0.15, 0.2) is 12.3 Å². The lowest BCUT2D eigenvalue weighted by atomic mass is 10.2. The number of carbonyl (C=O) groups is 1. The number of amides is 1. The summed E-state index contributed by atoms with van der Waals surface area (Å²) >= 11 is 0. The van der Waals surface area contributed by atoms with Crippen molar-refractivity contribution in [2.24, 2.45) is 18.7 Å². The molecule has 1 aliphatic rings. The fourth-order valence-corrected chi connectivity index (χ4v) is 1.58. The van der Waals surface area contributed by atoms with Crippen LogP contribution in [0, 0.1) is 5.92 Å². The summed E-state index contributed by atoms with van der Waals surface area (Å²) in [5, 5.41) is 4.04. The second kappa shape index (κ2) is 2.33. The molecule has 1 aromatic heterocycles. The highest BCUT2D eigenvalue weighted by Gasteiger charge is 2.44. The number of nitrogens with zero attached hydrogens (tertiary/aromatic N) is 2. The molecule has 1 heterocycles. The van der Waals surface area contributed by atoms with Crippen LogP contribution in [0.2, 0.25) is 0 Å².